The van der Waals surface area contributed by atoms with Crippen molar-refractivity contribution in [2.75, 3.05) is 39.8 Å². The van der Waals surface area contributed by atoms with Crippen molar-refractivity contribution in [3.8, 4) is 5.75 Å². The summed E-state index contributed by atoms with van der Waals surface area (Å²) in [6, 6.07) is 4.22. The summed E-state index contributed by atoms with van der Waals surface area (Å²) in [7, 11) is -1.68. The van der Waals surface area contributed by atoms with Gasteiger partial charge in [0.1, 0.15) is 5.75 Å². The second-order valence-corrected chi connectivity index (χ2v) is 7.10. The van der Waals surface area contributed by atoms with Gasteiger partial charge in [-0.3, -0.25) is 4.79 Å². The van der Waals surface area contributed by atoms with Crippen LogP contribution in [0.4, 0.5) is 0 Å². The number of carbonyl (C=O) groups is 1. The third-order valence-electron chi connectivity index (χ3n) is 3.62. The molecule has 0 atom stereocenters. The topological polar surface area (TPSA) is 92.9 Å². The maximum Gasteiger partial charge on any atom is 0.252 e. The van der Waals surface area contributed by atoms with Gasteiger partial charge in [0, 0.05) is 26.2 Å². The Labute approximate surface area is 130 Å². The third kappa shape index (κ3) is 3.40. The smallest absolute Gasteiger partial charge is 0.252 e. The number of piperazine rings is 1. The van der Waals surface area contributed by atoms with Crippen LogP contribution in [-0.4, -0.2) is 63.4 Å². The second kappa shape index (κ2) is 6.64. The molecule has 1 heterocycles. The van der Waals surface area contributed by atoms with Crippen LogP contribution in [-0.2, 0) is 10.0 Å². The number of hydrogen-bond donors (Lipinski definition) is 1. The van der Waals surface area contributed by atoms with E-state index < -0.39 is 15.9 Å². The fourth-order valence-electron chi connectivity index (χ4n) is 2.32. The van der Waals surface area contributed by atoms with Gasteiger partial charge in [-0.15, -0.1) is 0 Å². The highest BCUT2D eigenvalue weighted by Crippen LogP contribution is 2.25. The Balaban J connectivity index is 2.35. The predicted octanol–water partition coefficient (Wildman–Crippen LogP) is 0.120. The van der Waals surface area contributed by atoms with Gasteiger partial charge in [0.15, 0.2) is 0 Å². The van der Waals surface area contributed by atoms with Crippen molar-refractivity contribution in [2.24, 2.45) is 5.73 Å². The number of nitrogens with two attached hydrogens (primary N) is 1. The van der Waals surface area contributed by atoms with Crippen LogP contribution in [0.5, 0.6) is 5.75 Å². The van der Waals surface area contributed by atoms with Crippen LogP contribution in [0.2, 0.25) is 0 Å². The van der Waals surface area contributed by atoms with Gasteiger partial charge in [-0.2, -0.15) is 4.31 Å². The molecule has 8 heteroatoms. The van der Waals surface area contributed by atoms with Crippen molar-refractivity contribution >= 4 is 15.9 Å². The molecule has 1 aromatic rings. The van der Waals surface area contributed by atoms with E-state index in [0.717, 1.165) is 0 Å². The van der Waals surface area contributed by atoms with Crippen LogP contribution in [0.3, 0.4) is 0 Å². The Morgan fingerprint density at radius 2 is 1.91 bits per heavy atom. The van der Waals surface area contributed by atoms with Gasteiger partial charge in [-0.25, -0.2) is 8.42 Å². The van der Waals surface area contributed by atoms with Crippen molar-refractivity contribution in [3.63, 3.8) is 0 Å². The van der Waals surface area contributed by atoms with E-state index in [2.05, 4.69) is 4.90 Å². The lowest BCUT2D eigenvalue weighted by molar-refractivity contribution is 0.0996. The Bertz CT molecular complexity index is 652. The number of primary amides is 1. The Morgan fingerprint density at radius 1 is 1.27 bits per heavy atom. The fraction of sp³-hybridized carbons (Fsp3) is 0.500. The molecule has 0 unspecified atom stereocenters. The number of sulfonamides is 1. The molecule has 122 valence electrons. The predicted molar refractivity (Wildman–Crippen MR) is 82.4 cm³/mol. The SMILES string of the molecule is CCOc1ccc(S(=O)(=O)N2CCN(C)CC2)cc1C(N)=O. The van der Waals surface area contributed by atoms with Gasteiger partial charge in [0.05, 0.1) is 17.1 Å². The number of nitrogens with zero attached hydrogens (tertiary/aromatic N) is 2. The molecule has 1 aromatic carbocycles. The van der Waals surface area contributed by atoms with E-state index in [0.29, 0.717) is 38.5 Å². The van der Waals surface area contributed by atoms with Crippen LogP contribution < -0.4 is 10.5 Å². The summed E-state index contributed by atoms with van der Waals surface area (Å²) in [6.45, 7) is 4.36. The van der Waals surface area contributed by atoms with Gasteiger partial charge in [-0.1, -0.05) is 0 Å². The minimum absolute atomic E-state index is 0.0642. The first-order valence-corrected chi connectivity index (χ1v) is 8.55. The molecule has 0 saturated carbocycles. The molecule has 0 aromatic heterocycles. The van der Waals surface area contributed by atoms with Crippen molar-refractivity contribution in [1.29, 1.82) is 0 Å². The lowest BCUT2D eigenvalue weighted by atomic mass is 10.2. The molecule has 1 aliphatic heterocycles. The highest BCUT2D eigenvalue weighted by molar-refractivity contribution is 7.89. The molecule has 2 rings (SSSR count). The van der Waals surface area contributed by atoms with Gasteiger partial charge < -0.3 is 15.4 Å². The average Bonchev–Trinajstić information content (AvgIpc) is 2.48. The number of amides is 1. The summed E-state index contributed by atoms with van der Waals surface area (Å²) in [4.78, 5) is 13.7. The van der Waals surface area contributed by atoms with Gasteiger partial charge in [0.2, 0.25) is 10.0 Å². The monoisotopic (exact) mass is 327 g/mol. The number of ether oxygens (including phenoxy) is 1. The molecular formula is C14H21N3O4S. The van der Waals surface area contributed by atoms with E-state index in [1.165, 1.54) is 22.5 Å². The van der Waals surface area contributed by atoms with Crippen molar-refractivity contribution in [3.05, 3.63) is 23.8 Å². The molecule has 0 aliphatic carbocycles. The zero-order valence-electron chi connectivity index (χ0n) is 12.8. The molecular weight excluding hydrogens is 306 g/mol. The van der Waals surface area contributed by atoms with Crippen LogP contribution in [0, 0.1) is 0 Å². The normalized spacial score (nSPS) is 17.4. The minimum atomic E-state index is -3.63. The highest BCUT2D eigenvalue weighted by atomic mass is 32.2. The third-order valence-corrected chi connectivity index (χ3v) is 5.51. The van der Waals surface area contributed by atoms with E-state index >= 15 is 0 Å². The Hall–Kier alpha value is -1.64. The minimum Gasteiger partial charge on any atom is -0.493 e. The number of carbonyl (C=O) groups excluding carboxylic acids is 1. The van der Waals surface area contributed by atoms with Crippen molar-refractivity contribution in [2.45, 2.75) is 11.8 Å². The number of rotatable bonds is 5. The first kappa shape index (κ1) is 16.7. The summed E-state index contributed by atoms with van der Waals surface area (Å²) in [5.41, 5.74) is 5.40. The lowest BCUT2D eigenvalue weighted by Gasteiger charge is -2.31. The first-order chi connectivity index (χ1) is 10.4. The van der Waals surface area contributed by atoms with E-state index in [1.807, 2.05) is 7.05 Å². The van der Waals surface area contributed by atoms with Crippen LogP contribution >= 0.6 is 0 Å². The molecule has 1 saturated heterocycles. The van der Waals surface area contributed by atoms with Gasteiger partial charge in [-0.05, 0) is 32.2 Å². The van der Waals surface area contributed by atoms with E-state index in [-0.39, 0.29) is 10.5 Å². The van der Waals surface area contributed by atoms with E-state index in [1.54, 1.807) is 6.92 Å². The highest BCUT2D eigenvalue weighted by Gasteiger charge is 2.28. The molecule has 7 nitrogen and oxygen atoms in total. The fourth-order valence-corrected chi connectivity index (χ4v) is 3.77. The molecule has 0 radical (unpaired) electrons. The summed E-state index contributed by atoms with van der Waals surface area (Å²) in [5.74, 6) is -0.411. The van der Waals surface area contributed by atoms with Gasteiger partial charge >= 0.3 is 0 Å². The van der Waals surface area contributed by atoms with Crippen LogP contribution in [0.25, 0.3) is 0 Å². The largest absolute Gasteiger partial charge is 0.493 e. The summed E-state index contributed by atoms with van der Waals surface area (Å²) in [6.07, 6.45) is 0. The summed E-state index contributed by atoms with van der Waals surface area (Å²) in [5, 5.41) is 0. The van der Waals surface area contributed by atoms with Crippen LogP contribution in [0.15, 0.2) is 23.1 Å². The number of hydrogen-bond acceptors (Lipinski definition) is 5. The van der Waals surface area contributed by atoms with Crippen LogP contribution in [0.1, 0.15) is 17.3 Å². The quantitative estimate of drug-likeness (QED) is 0.829. The first-order valence-electron chi connectivity index (χ1n) is 7.11. The Morgan fingerprint density at radius 3 is 2.45 bits per heavy atom. The van der Waals surface area contributed by atoms with E-state index in [9.17, 15) is 13.2 Å². The lowest BCUT2D eigenvalue weighted by Crippen LogP contribution is -2.47. The second-order valence-electron chi connectivity index (χ2n) is 5.16. The maximum absolute atomic E-state index is 12.7. The molecule has 0 spiro atoms. The Kier molecular flexibility index (Phi) is 5.05. The zero-order chi connectivity index (χ0) is 16.3. The van der Waals surface area contributed by atoms with Crippen molar-refractivity contribution < 1.29 is 17.9 Å². The number of likely N-dealkylation sites (N-methyl/N-ethyl adjacent to an activating group) is 1. The molecule has 2 N–H and O–H groups in total. The van der Waals surface area contributed by atoms with E-state index in [4.69, 9.17) is 10.5 Å². The summed E-state index contributed by atoms with van der Waals surface area (Å²) >= 11 is 0. The molecule has 1 amide bonds. The molecule has 1 fully saturated rings. The molecule has 1 aliphatic rings. The maximum atomic E-state index is 12.7. The number of benzene rings is 1. The average molecular weight is 327 g/mol. The standard InChI is InChI=1S/C14H21N3O4S/c1-3-21-13-5-4-11(10-12(13)14(15)18)22(19,20)17-8-6-16(2)7-9-17/h4-5,10H,3,6-9H2,1-2H3,(H2,15,18). The summed E-state index contributed by atoms with van der Waals surface area (Å²) < 4.78 is 32.0. The van der Waals surface area contributed by atoms with Crippen molar-refractivity contribution in [1.82, 2.24) is 9.21 Å². The zero-order valence-corrected chi connectivity index (χ0v) is 13.6. The molecule has 22 heavy (non-hydrogen) atoms. The van der Waals surface area contributed by atoms with Gasteiger partial charge in [0.25, 0.3) is 5.91 Å². The molecule has 0 bridgehead atoms.